The van der Waals surface area contributed by atoms with Crippen LogP contribution in [0.1, 0.15) is 168 Å². The molecule has 722 valence electrons. The molecule has 0 unspecified atom stereocenters. The maximum absolute atomic E-state index is 12.5. The maximum atomic E-state index is 12.5. The summed E-state index contributed by atoms with van der Waals surface area (Å²) in [5, 5.41) is 43.1. The molecule has 25 nitrogen and oxygen atoms in total. The van der Waals surface area contributed by atoms with Gasteiger partial charge in [0, 0.05) is 132 Å². The number of carbonyl (C=O) groups excluding carboxylic acids is 7. The van der Waals surface area contributed by atoms with Crippen molar-refractivity contribution in [2.75, 3.05) is 33.2 Å². The van der Waals surface area contributed by atoms with E-state index in [9.17, 15) is 33.6 Å². The molecule has 0 aliphatic heterocycles. The van der Waals surface area contributed by atoms with Crippen molar-refractivity contribution < 1.29 is 47.5 Å². The molecule has 2 saturated carbocycles. The highest BCUT2D eigenvalue weighted by atomic mass is 35.5. The molecular weight excluding hydrogens is 1970 g/mol. The van der Waals surface area contributed by atoms with Crippen LogP contribution in [-0.4, -0.2) is 138 Å². The molecule has 0 N–H and O–H groups in total. The van der Waals surface area contributed by atoms with Gasteiger partial charge in [-0.3, -0.25) is 33.6 Å². The van der Waals surface area contributed by atoms with Crippen molar-refractivity contribution in [3.05, 3.63) is 443 Å². The van der Waals surface area contributed by atoms with Crippen LogP contribution >= 0.6 is 91.2 Å². The number of thiophene rings is 6. The van der Waals surface area contributed by atoms with Crippen molar-refractivity contribution in [1.29, 1.82) is 0 Å². The van der Waals surface area contributed by atoms with Gasteiger partial charge in [0.2, 0.25) is 11.8 Å². The molecule has 21 rings (SSSR count). The number of aromatic nitrogens is 14. The van der Waals surface area contributed by atoms with E-state index in [2.05, 4.69) is 41.8 Å². The van der Waals surface area contributed by atoms with Crippen molar-refractivity contribution in [1.82, 2.24) is 68.5 Å². The van der Waals surface area contributed by atoms with Crippen LogP contribution in [-0.2, 0) is 0 Å². The topological polar surface area (TPSA) is 279 Å². The zero-order valence-electron chi connectivity index (χ0n) is 78.0. The van der Waals surface area contributed by atoms with Crippen LogP contribution in [0.2, 0.25) is 10.0 Å². The lowest BCUT2D eigenvalue weighted by Gasteiger charge is -2.22. The average Bonchev–Trinajstić information content (AvgIpc) is 1.68. The SMILES string of the molecule is CN(C)c1cccc(C(=O)n2ccc(/C=C/c3cccs3)n2)c1.COc1ccc(C(=O)n2ccc(/C=C/c3ccco3)n2)cc1.COc1ccc(C(=O)n2ccc(/C=C/c3cccs3)n2)cc1.O=C(C1CC1)n1ccc(/C=C/c2cccs2)n1.O=C(C1CCC1)n1ccc(/C=C/c2cccs2)n1.O=C(c1ccc(Cl)cc1)n1ccc(/C=C/c2cccs2)n1.O=C(c1ccccc1Cl)n1ccc(/C=C/c2cccs2)n1. The second kappa shape index (κ2) is 51.9. The summed E-state index contributed by atoms with van der Waals surface area (Å²) in [5.74, 6) is 1.91. The minimum atomic E-state index is -0.239. The van der Waals surface area contributed by atoms with Gasteiger partial charge in [0.25, 0.3) is 29.5 Å². The summed E-state index contributed by atoms with van der Waals surface area (Å²) in [7, 11) is 7.08. The maximum Gasteiger partial charge on any atom is 0.279 e. The van der Waals surface area contributed by atoms with Crippen LogP contribution in [0, 0.1) is 11.8 Å². The van der Waals surface area contributed by atoms with Crippen LogP contribution in [0.15, 0.2) is 335 Å². The summed E-state index contributed by atoms with van der Waals surface area (Å²) in [5.41, 5.74) is 9.02. The van der Waals surface area contributed by atoms with Gasteiger partial charge >= 0.3 is 0 Å². The number of anilines is 1. The van der Waals surface area contributed by atoms with E-state index in [4.69, 9.17) is 37.1 Å². The van der Waals surface area contributed by atoms with E-state index in [1.807, 2.05) is 246 Å². The van der Waals surface area contributed by atoms with Gasteiger partial charge in [-0.25, -0.2) is 32.8 Å². The van der Waals surface area contributed by atoms with Crippen molar-refractivity contribution >= 4 is 223 Å². The fourth-order valence-electron chi connectivity index (χ4n) is 13.3. The molecule has 0 radical (unpaired) electrons. The third-order valence-corrected chi connectivity index (χ3v) is 27.0. The number of halogens is 2. The van der Waals surface area contributed by atoms with Gasteiger partial charge in [-0.05, 0) is 337 Å². The molecular formula is C111H93Cl2N15O10S6. The molecule has 2 aliphatic rings. The predicted octanol–water partition coefficient (Wildman–Crippen LogP) is 26.7. The zero-order valence-corrected chi connectivity index (χ0v) is 84.4. The number of hydrogen-bond acceptors (Lipinski definition) is 24. The Labute approximate surface area is 864 Å². The average molecular weight is 2060 g/mol. The minimum absolute atomic E-state index is 0.126. The minimum Gasteiger partial charge on any atom is -0.497 e. The van der Waals surface area contributed by atoms with Crippen LogP contribution in [0.25, 0.3) is 85.1 Å². The first-order chi connectivity index (χ1) is 70.3. The molecule has 0 atom stereocenters. The van der Waals surface area contributed by atoms with Gasteiger partial charge < -0.3 is 18.8 Å². The van der Waals surface area contributed by atoms with E-state index in [0.717, 1.165) is 96.6 Å². The summed E-state index contributed by atoms with van der Waals surface area (Å²) in [4.78, 5) is 94.3. The number of hydrogen-bond donors (Lipinski definition) is 0. The summed E-state index contributed by atoms with van der Waals surface area (Å²) >= 11 is 21.8. The Bertz CT molecular complexity index is 7460. The number of benzene rings is 5. The molecule has 2 fully saturated rings. The quantitative estimate of drug-likeness (QED) is 0.0543. The number of methoxy groups -OCH3 is 2. The molecule has 0 bridgehead atoms. The predicted molar refractivity (Wildman–Crippen MR) is 582 cm³/mol. The Kier molecular flexibility index (Phi) is 36.9. The summed E-state index contributed by atoms with van der Waals surface area (Å²) < 4.78 is 25.0. The number of ether oxygens (including phenoxy) is 2. The molecule has 14 aromatic heterocycles. The number of furan rings is 1. The number of carbonyl (C=O) groups is 7. The zero-order chi connectivity index (χ0) is 100. The van der Waals surface area contributed by atoms with Crippen molar-refractivity contribution in [2.45, 2.75) is 32.1 Å². The Hall–Kier alpha value is -16.1. The van der Waals surface area contributed by atoms with E-state index in [-0.39, 0.29) is 53.2 Å². The van der Waals surface area contributed by atoms with E-state index in [1.54, 1.807) is 265 Å². The molecule has 14 heterocycles. The fraction of sp³-hybridized carbons (Fsp3) is 0.0991. The number of nitrogens with zero attached hydrogens (tertiary/aromatic N) is 15. The van der Waals surface area contributed by atoms with Gasteiger partial charge in [0.05, 0.1) is 70.9 Å². The molecule has 2 aliphatic carbocycles. The van der Waals surface area contributed by atoms with Gasteiger partial charge in [0.15, 0.2) is 0 Å². The highest BCUT2D eigenvalue weighted by Crippen LogP contribution is 2.32. The van der Waals surface area contributed by atoms with Gasteiger partial charge in [0.1, 0.15) is 17.3 Å². The smallest absolute Gasteiger partial charge is 0.279 e. The lowest BCUT2D eigenvalue weighted by Crippen LogP contribution is -2.27. The third kappa shape index (κ3) is 30.2. The lowest BCUT2D eigenvalue weighted by atomic mass is 9.85. The van der Waals surface area contributed by atoms with Gasteiger partial charge in [-0.2, -0.15) is 35.7 Å². The Morgan fingerprint density at radius 2 is 0.632 bits per heavy atom. The van der Waals surface area contributed by atoms with Crippen LogP contribution in [0.4, 0.5) is 5.69 Å². The fourth-order valence-corrected chi connectivity index (χ4v) is 17.3. The standard InChI is InChI=1S/C18H17N3OS.C17H14N2O3.C17H14N2O2S.2C16H11ClN2OS.C14H14N2OS.C13H12N2OS/c1-20(2)16-6-3-5-14(13-16)18(22)21-11-10-15(19-21)8-9-17-7-4-12-23-17;2*1-21-15-7-4-13(5-8-15)17(20)19-11-10-14(18-19)6-9-16-3-2-12-22-16;17-13-5-3-12(4-6-13)16(20)19-10-9-14(18-19)7-8-15-2-1-11-21-15;17-15-6-2-1-5-14(15)16(20)19-10-9-12(18-19)7-8-13-4-3-11-21-13;17-14(11-3-1-4-11)16-9-8-12(15-16)6-7-13-5-2-10-18-13;16-13(10-3-4-10)15-8-7-11(14-15)5-6-12-2-1-9-17-12/h3-13H,1-2H3;2*2-12H,1H3;2*1-11H;2,5-11H,1,3-4H2;1-2,5-10H,3-4H2/b9-8+;2*9-6+;2*8-7+;7-6+;6-5+. The van der Waals surface area contributed by atoms with E-state index < -0.39 is 0 Å². The van der Waals surface area contributed by atoms with Gasteiger partial charge in [-0.1, -0.05) is 84.2 Å². The Morgan fingerprint density at radius 1 is 0.319 bits per heavy atom. The molecule has 0 amide bonds. The molecule has 33 heteroatoms. The molecule has 19 aromatic rings. The Morgan fingerprint density at radius 3 is 0.931 bits per heavy atom. The highest BCUT2D eigenvalue weighted by molar-refractivity contribution is 7.12. The third-order valence-electron chi connectivity index (χ3n) is 21.4. The largest absolute Gasteiger partial charge is 0.497 e. The van der Waals surface area contributed by atoms with Crippen LogP contribution in [0.3, 0.4) is 0 Å². The first-order valence-corrected chi connectivity index (χ1v) is 51.1. The van der Waals surface area contributed by atoms with Gasteiger partial charge in [-0.15, -0.1) is 68.0 Å². The van der Waals surface area contributed by atoms with Crippen molar-refractivity contribution in [3.63, 3.8) is 0 Å². The van der Waals surface area contributed by atoms with E-state index in [0.29, 0.717) is 49.3 Å². The molecule has 144 heavy (non-hydrogen) atoms. The Balaban J connectivity index is 0.000000127. The normalized spacial score (nSPS) is 12.2. The summed E-state index contributed by atoms with van der Waals surface area (Å²) in [6.07, 6.45) is 45.6. The second-order valence-corrected chi connectivity index (χ2v) is 38.4. The van der Waals surface area contributed by atoms with Crippen molar-refractivity contribution in [3.8, 4) is 11.5 Å². The first kappa shape index (κ1) is 102. The van der Waals surface area contributed by atoms with E-state index >= 15 is 0 Å². The second-order valence-electron chi connectivity index (χ2n) is 31.7. The van der Waals surface area contributed by atoms with Crippen LogP contribution in [0.5, 0.6) is 11.5 Å². The molecule has 5 aromatic carbocycles. The van der Waals surface area contributed by atoms with Crippen molar-refractivity contribution in [2.24, 2.45) is 11.8 Å². The first-order valence-electron chi connectivity index (χ1n) is 45.1. The van der Waals surface area contributed by atoms with Crippen LogP contribution < -0.4 is 14.4 Å². The molecule has 0 spiro atoms. The number of rotatable bonds is 24. The highest BCUT2D eigenvalue weighted by Gasteiger charge is 2.31. The lowest BCUT2D eigenvalue weighted by molar-refractivity contribution is 0.0745. The molecule has 0 saturated heterocycles. The summed E-state index contributed by atoms with van der Waals surface area (Å²) in [6, 6.07) is 75.7. The van der Waals surface area contributed by atoms with E-state index in [1.165, 1.54) is 48.9 Å². The monoisotopic (exact) mass is 2060 g/mol. The summed E-state index contributed by atoms with van der Waals surface area (Å²) in [6.45, 7) is 0.